The van der Waals surface area contributed by atoms with Gasteiger partial charge in [0, 0.05) is 30.9 Å². The van der Waals surface area contributed by atoms with E-state index in [0.717, 1.165) is 23.4 Å². The summed E-state index contributed by atoms with van der Waals surface area (Å²) in [5.74, 6) is 0.632. The molecular formula is C24H32N4O3. The lowest BCUT2D eigenvalue weighted by atomic mass is 10.2. The van der Waals surface area contributed by atoms with E-state index in [1.807, 2.05) is 64.3 Å². The molecule has 7 heteroatoms. The van der Waals surface area contributed by atoms with Gasteiger partial charge in [0.1, 0.15) is 12.4 Å². The minimum Gasteiger partial charge on any atom is -0.492 e. The Morgan fingerprint density at radius 2 is 1.71 bits per heavy atom. The molecule has 0 fully saturated rings. The molecule has 0 bridgehead atoms. The third kappa shape index (κ3) is 9.82. The number of rotatable bonds is 10. The van der Waals surface area contributed by atoms with Gasteiger partial charge in [-0.1, -0.05) is 24.3 Å². The Balaban J connectivity index is 1.76. The summed E-state index contributed by atoms with van der Waals surface area (Å²) in [6.07, 6.45) is 3.27. The number of anilines is 1. The van der Waals surface area contributed by atoms with E-state index in [2.05, 4.69) is 20.9 Å². The van der Waals surface area contributed by atoms with Crippen LogP contribution >= 0.6 is 0 Å². The van der Waals surface area contributed by atoms with Gasteiger partial charge >= 0.3 is 6.03 Å². The molecule has 166 valence electrons. The van der Waals surface area contributed by atoms with Crippen LogP contribution in [0.4, 0.5) is 10.5 Å². The molecule has 0 unspecified atom stereocenters. The lowest BCUT2D eigenvalue weighted by Gasteiger charge is -2.11. The summed E-state index contributed by atoms with van der Waals surface area (Å²) in [6.45, 7) is 5.69. The number of urea groups is 1. The third-order valence-corrected chi connectivity index (χ3v) is 4.21. The number of likely N-dealkylation sites (N-methyl/N-ethyl adjacent to an activating group) is 1. The van der Waals surface area contributed by atoms with Crippen molar-refractivity contribution < 1.29 is 14.3 Å². The molecule has 2 aromatic rings. The molecular weight excluding hydrogens is 392 g/mol. The maximum Gasteiger partial charge on any atom is 0.319 e. The monoisotopic (exact) mass is 424 g/mol. The Labute approximate surface area is 184 Å². The molecule has 0 atom stereocenters. The van der Waals surface area contributed by atoms with Crippen LogP contribution in [-0.4, -0.2) is 50.1 Å². The van der Waals surface area contributed by atoms with Gasteiger partial charge in [-0.25, -0.2) is 4.79 Å². The molecule has 0 spiro atoms. The highest BCUT2D eigenvalue weighted by Gasteiger charge is 2.03. The zero-order chi connectivity index (χ0) is 22.6. The van der Waals surface area contributed by atoms with Crippen molar-refractivity contribution in [2.45, 2.75) is 26.4 Å². The first-order chi connectivity index (χ1) is 14.8. The average molecular weight is 425 g/mol. The first kappa shape index (κ1) is 24.0. The molecule has 0 saturated heterocycles. The van der Waals surface area contributed by atoms with Crippen molar-refractivity contribution in [3.05, 3.63) is 65.7 Å². The molecule has 0 radical (unpaired) electrons. The van der Waals surface area contributed by atoms with E-state index in [4.69, 9.17) is 4.74 Å². The first-order valence-electron chi connectivity index (χ1n) is 10.3. The highest BCUT2D eigenvalue weighted by atomic mass is 16.5. The Hall–Kier alpha value is -3.32. The van der Waals surface area contributed by atoms with E-state index >= 15 is 0 Å². The fourth-order valence-electron chi connectivity index (χ4n) is 2.58. The van der Waals surface area contributed by atoms with Crippen LogP contribution in [-0.2, 0) is 11.3 Å². The molecule has 0 aliphatic carbocycles. The second-order valence-corrected chi connectivity index (χ2v) is 7.72. The number of benzene rings is 2. The Kier molecular flexibility index (Phi) is 9.58. The Morgan fingerprint density at radius 1 is 1.03 bits per heavy atom. The van der Waals surface area contributed by atoms with Crippen molar-refractivity contribution in [3.8, 4) is 5.75 Å². The van der Waals surface area contributed by atoms with Crippen molar-refractivity contribution in [2.24, 2.45) is 0 Å². The highest BCUT2D eigenvalue weighted by molar-refractivity contribution is 5.91. The number of hydrogen-bond acceptors (Lipinski definition) is 4. The molecule has 0 aromatic heterocycles. The standard InChI is InChI=1S/C24H32N4O3/c1-18(2)26-24(30)27-21-10-5-20(6-11-21)17-25-23(29)14-9-19-7-12-22(13-8-19)31-16-15-28(3)4/h5-14,18H,15-17H2,1-4H3,(H,25,29)(H2,26,27,30). The van der Waals surface area contributed by atoms with Crippen LogP contribution in [0.3, 0.4) is 0 Å². The average Bonchev–Trinajstić information content (AvgIpc) is 2.72. The molecule has 2 rings (SSSR count). The maximum absolute atomic E-state index is 12.1. The van der Waals surface area contributed by atoms with Gasteiger partial charge in [0.2, 0.25) is 5.91 Å². The van der Waals surface area contributed by atoms with E-state index in [0.29, 0.717) is 18.8 Å². The second kappa shape index (κ2) is 12.4. The van der Waals surface area contributed by atoms with Gasteiger partial charge in [0.05, 0.1) is 0 Å². The van der Waals surface area contributed by atoms with Crippen LogP contribution in [0, 0.1) is 0 Å². The summed E-state index contributed by atoms with van der Waals surface area (Å²) in [6, 6.07) is 14.8. The number of nitrogens with one attached hydrogen (secondary N) is 3. The summed E-state index contributed by atoms with van der Waals surface area (Å²) < 4.78 is 5.66. The number of hydrogen-bond donors (Lipinski definition) is 3. The van der Waals surface area contributed by atoms with E-state index in [1.165, 1.54) is 6.08 Å². The molecule has 0 aliphatic rings. The van der Waals surface area contributed by atoms with Crippen LogP contribution < -0.4 is 20.7 Å². The fraction of sp³-hybridized carbons (Fsp3) is 0.333. The molecule has 0 saturated carbocycles. The lowest BCUT2D eigenvalue weighted by Crippen LogP contribution is -2.34. The van der Waals surface area contributed by atoms with Crippen molar-refractivity contribution in [3.63, 3.8) is 0 Å². The van der Waals surface area contributed by atoms with Gasteiger partial charge in [-0.15, -0.1) is 0 Å². The minimum absolute atomic E-state index is 0.0712. The SMILES string of the molecule is CC(C)NC(=O)Nc1ccc(CNC(=O)C=Cc2ccc(OCCN(C)C)cc2)cc1. The fourth-order valence-corrected chi connectivity index (χ4v) is 2.58. The van der Waals surface area contributed by atoms with Gasteiger partial charge in [-0.2, -0.15) is 0 Å². The summed E-state index contributed by atoms with van der Waals surface area (Å²) in [5.41, 5.74) is 2.56. The van der Waals surface area contributed by atoms with Gasteiger partial charge in [0.15, 0.2) is 0 Å². The Bertz CT molecular complexity index is 859. The molecule has 31 heavy (non-hydrogen) atoms. The van der Waals surface area contributed by atoms with Crippen LogP contribution in [0.15, 0.2) is 54.6 Å². The normalized spacial score (nSPS) is 11.0. The number of carbonyl (C=O) groups excluding carboxylic acids is 2. The summed E-state index contributed by atoms with van der Waals surface area (Å²) >= 11 is 0. The quantitative estimate of drug-likeness (QED) is 0.510. The van der Waals surface area contributed by atoms with Gasteiger partial charge in [-0.05, 0) is 69.4 Å². The zero-order valence-corrected chi connectivity index (χ0v) is 18.6. The van der Waals surface area contributed by atoms with Crippen LogP contribution in [0.5, 0.6) is 5.75 Å². The van der Waals surface area contributed by atoms with E-state index < -0.39 is 0 Å². The molecule has 0 aliphatic heterocycles. The van der Waals surface area contributed by atoms with Crippen LogP contribution in [0.1, 0.15) is 25.0 Å². The molecule has 3 amide bonds. The largest absolute Gasteiger partial charge is 0.492 e. The lowest BCUT2D eigenvalue weighted by molar-refractivity contribution is -0.116. The van der Waals surface area contributed by atoms with Crippen molar-refractivity contribution >= 4 is 23.7 Å². The summed E-state index contributed by atoms with van der Waals surface area (Å²) in [5, 5.41) is 8.38. The highest BCUT2D eigenvalue weighted by Crippen LogP contribution is 2.13. The van der Waals surface area contributed by atoms with Crippen molar-refractivity contribution in [2.75, 3.05) is 32.6 Å². The number of carbonyl (C=O) groups is 2. The number of ether oxygens (including phenoxy) is 1. The maximum atomic E-state index is 12.1. The summed E-state index contributed by atoms with van der Waals surface area (Å²) in [4.78, 5) is 25.9. The van der Waals surface area contributed by atoms with E-state index in [9.17, 15) is 9.59 Å². The predicted octanol–water partition coefficient (Wildman–Crippen LogP) is 3.49. The number of amides is 3. The molecule has 7 nitrogen and oxygen atoms in total. The third-order valence-electron chi connectivity index (χ3n) is 4.21. The first-order valence-corrected chi connectivity index (χ1v) is 10.3. The number of nitrogens with zero attached hydrogens (tertiary/aromatic N) is 1. The molecule has 3 N–H and O–H groups in total. The predicted molar refractivity (Wildman–Crippen MR) is 125 cm³/mol. The molecule has 0 heterocycles. The van der Waals surface area contributed by atoms with Gasteiger partial charge in [0.25, 0.3) is 0 Å². The van der Waals surface area contributed by atoms with Crippen molar-refractivity contribution in [1.29, 1.82) is 0 Å². The zero-order valence-electron chi connectivity index (χ0n) is 18.6. The minimum atomic E-state index is -0.241. The van der Waals surface area contributed by atoms with Crippen LogP contribution in [0.2, 0.25) is 0 Å². The van der Waals surface area contributed by atoms with Gasteiger partial charge in [-0.3, -0.25) is 4.79 Å². The smallest absolute Gasteiger partial charge is 0.319 e. The Morgan fingerprint density at radius 3 is 2.32 bits per heavy atom. The van der Waals surface area contributed by atoms with Crippen molar-refractivity contribution in [1.82, 2.24) is 15.5 Å². The van der Waals surface area contributed by atoms with E-state index in [-0.39, 0.29) is 18.0 Å². The summed E-state index contributed by atoms with van der Waals surface area (Å²) in [7, 11) is 4.01. The topological polar surface area (TPSA) is 82.7 Å². The molecule has 2 aromatic carbocycles. The van der Waals surface area contributed by atoms with Gasteiger partial charge < -0.3 is 25.6 Å². The van der Waals surface area contributed by atoms with E-state index in [1.54, 1.807) is 18.2 Å². The van der Waals surface area contributed by atoms with Crippen LogP contribution in [0.25, 0.3) is 6.08 Å². The second-order valence-electron chi connectivity index (χ2n) is 7.72.